The Morgan fingerprint density at radius 3 is 2.50 bits per heavy atom. The highest BCUT2D eigenvalue weighted by molar-refractivity contribution is 7.14. The first kappa shape index (κ1) is 20.6. The molecule has 5 nitrogen and oxygen atoms in total. The number of rotatable bonds is 6. The molecule has 3 heterocycles. The predicted molar refractivity (Wildman–Crippen MR) is 126 cm³/mol. The summed E-state index contributed by atoms with van der Waals surface area (Å²) in [5.74, 6) is 0.593. The summed E-state index contributed by atoms with van der Waals surface area (Å²) < 4.78 is 5.82. The second kappa shape index (κ2) is 8.62. The molecule has 0 spiro atoms. The fourth-order valence-corrected chi connectivity index (χ4v) is 5.18. The molecule has 0 saturated carbocycles. The van der Waals surface area contributed by atoms with Crippen molar-refractivity contribution in [3.8, 4) is 16.3 Å². The molecule has 0 aliphatic carbocycles. The molecule has 7 heteroatoms. The molecule has 0 radical (unpaired) electrons. The maximum absolute atomic E-state index is 13.3. The summed E-state index contributed by atoms with van der Waals surface area (Å²) in [7, 11) is 1.90. The van der Waals surface area contributed by atoms with Gasteiger partial charge < -0.3 is 4.57 Å². The lowest BCUT2D eigenvalue weighted by Gasteiger charge is -2.09. The van der Waals surface area contributed by atoms with Gasteiger partial charge in [-0.05, 0) is 42.8 Å². The van der Waals surface area contributed by atoms with Crippen LogP contribution in [0.15, 0.2) is 63.0 Å². The van der Waals surface area contributed by atoms with Crippen molar-refractivity contribution in [2.75, 3.05) is 0 Å². The van der Waals surface area contributed by atoms with Crippen LogP contribution in [0.1, 0.15) is 26.0 Å². The molecule has 0 aliphatic heterocycles. The van der Waals surface area contributed by atoms with Crippen molar-refractivity contribution in [3.63, 3.8) is 0 Å². The topological polar surface area (TPSA) is 44.2 Å². The average Bonchev–Trinajstić information content (AvgIpc) is 3.44. The van der Waals surface area contributed by atoms with E-state index in [1.807, 2.05) is 49.0 Å². The second-order valence-electron chi connectivity index (χ2n) is 7.74. The van der Waals surface area contributed by atoms with E-state index >= 15 is 0 Å². The molecule has 0 unspecified atom stereocenters. The molecule has 156 valence electrons. The first-order chi connectivity index (χ1) is 14.5. The van der Waals surface area contributed by atoms with E-state index in [-0.39, 0.29) is 5.56 Å². The van der Waals surface area contributed by atoms with E-state index in [0.29, 0.717) is 11.6 Å². The van der Waals surface area contributed by atoms with Gasteiger partial charge in [-0.1, -0.05) is 38.1 Å². The number of para-hydroxylation sites is 1. The van der Waals surface area contributed by atoms with Crippen LogP contribution in [-0.4, -0.2) is 13.9 Å². The van der Waals surface area contributed by atoms with Crippen LogP contribution in [0.25, 0.3) is 16.3 Å². The number of benzene rings is 1. The van der Waals surface area contributed by atoms with Gasteiger partial charge in [-0.15, -0.1) is 22.7 Å². The zero-order valence-corrected chi connectivity index (χ0v) is 19.3. The number of thiophene rings is 1. The van der Waals surface area contributed by atoms with Gasteiger partial charge in [0, 0.05) is 19.0 Å². The number of thiazole rings is 1. The van der Waals surface area contributed by atoms with Crippen molar-refractivity contribution in [2.24, 2.45) is 18.0 Å². The molecular weight excluding hydrogens is 412 g/mol. The third-order valence-electron chi connectivity index (χ3n) is 5.23. The highest BCUT2D eigenvalue weighted by atomic mass is 32.1. The van der Waals surface area contributed by atoms with Crippen molar-refractivity contribution in [1.82, 2.24) is 13.9 Å². The minimum Gasteiger partial charge on any atom is -0.316 e. The van der Waals surface area contributed by atoms with Crippen LogP contribution in [0.3, 0.4) is 0 Å². The summed E-state index contributed by atoms with van der Waals surface area (Å²) in [6.45, 7) is 7.29. The quantitative estimate of drug-likeness (QED) is 0.400. The lowest BCUT2D eigenvalue weighted by molar-refractivity contribution is 0.513. The Balaban J connectivity index is 1.87. The Hall–Kier alpha value is -2.64. The van der Waals surface area contributed by atoms with E-state index in [4.69, 9.17) is 4.99 Å². The van der Waals surface area contributed by atoms with Crippen LogP contribution in [0.2, 0.25) is 0 Å². The normalized spacial score (nSPS) is 12.2. The van der Waals surface area contributed by atoms with Crippen LogP contribution in [-0.2, 0) is 13.6 Å². The predicted octanol–water partition coefficient (Wildman–Crippen LogP) is 5.35. The van der Waals surface area contributed by atoms with Crippen molar-refractivity contribution in [1.29, 1.82) is 0 Å². The lowest BCUT2D eigenvalue weighted by atomic mass is 10.1. The van der Waals surface area contributed by atoms with Gasteiger partial charge in [0.2, 0.25) is 0 Å². The Labute approximate surface area is 184 Å². The van der Waals surface area contributed by atoms with E-state index < -0.39 is 0 Å². The number of nitrogens with zero attached hydrogens (tertiary/aromatic N) is 4. The van der Waals surface area contributed by atoms with Gasteiger partial charge in [-0.2, -0.15) is 0 Å². The molecule has 0 atom stereocenters. The Bertz CT molecular complexity index is 1260. The third-order valence-corrected chi connectivity index (χ3v) is 6.99. The van der Waals surface area contributed by atoms with Crippen molar-refractivity contribution in [2.45, 2.75) is 33.7 Å². The number of aromatic nitrogens is 3. The molecule has 30 heavy (non-hydrogen) atoms. The summed E-state index contributed by atoms with van der Waals surface area (Å²) in [4.78, 5) is 20.3. The zero-order chi connectivity index (χ0) is 21.3. The molecule has 0 fully saturated rings. The largest absolute Gasteiger partial charge is 0.316 e. The van der Waals surface area contributed by atoms with E-state index in [1.54, 1.807) is 27.4 Å². The lowest BCUT2D eigenvalue weighted by Crippen LogP contribution is -2.20. The molecule has 4 aromatic rings. The fraction of sp³-hybridized carbons (Fsp3) is 0.304. The summed E-state index contributed by atoms with van der Waals surface area (Å²) >= 11 is 3.32. The van der Waals surface area contributed by atoms with Crippen LogP contribution < -0.4 is 10.4 Å². The minimum absolute atomic E-state index is 0.0947. The highest BCUT2D eigenvalue weighted by Crippen LogP contribution is 2.26. The Morgan fingerprint density at radius 2 is 1.83 bits per heavy atom. The molecule has 4 rings (SSSR count). The van der Waals surface area contributed by atoms with Crippen LogP contribution in [0.5, 0.6) is 0 Å². The Morgan fingerprint density at radius 1 is 1.07 bits per heavy atom. The molecule has 1 aromatic carbocycles. The van der Waals surface area contributed by atoms with E-state index in [9.17, 15) is 4.79 Å². The average molecular weight is 439 g/mol. The Kier molecular flexibility index (Phi) is 5.92. The number of hydrogen-bond donors (Lipinski definition) is 0. The zero-order valence-electron chi connectivity index (χ0n) is 17.7. The first-order valence-corrected chi connectivity index (χ1v) is 11.8. The smallest absolute Gasteiger partial charge is 0.297 e. The summed E-state index contributed by atoms with van der Waals surface area (Å²) in [5, 5.41) is 4.25. The van der Waals surface area contributed by atoms with E-state index in [0.717, 1.165) is 29.1 Å². The third kappa shape index (κ3) is 3.87. The van der Waals surface area contributed by atoms with Gasteiger partial charge in [0.15, 0.2) is 10.5 Å². The second-order valence-corrected chi connectivity index (χ2v) is 9.52. The maximum Gasteiger partial charge on any atom is 0.297 e. The molecule has 0 aliphatic rings. The van der Waals surface area contributed by atoms with Crippen LogP contribution in [0.4, 0.5) is 5.69 Å². The maximum atomic E-state index is 13.3. The van der Waals surface area contributed by atoms with Crippen LogP contribution in [0, 0.1) is 12.8 Å². The van der Waals surface area contributed by atoms with Crippen LogP contribution >= 0.6 is 22.7 Å². The molecular formula is C23H26N4OS2. The molecule has 0 amide bonds. The van der Waals surface area contributed by atoms with E-state index in [2.05, 4.69) is 41.3 Å². The van der Waals surface area contributed by atoms with Crippen molar-refractivity contribution in [3.05, 3.63) is 74.1 Å². The van der Waals surface area contributed by atoms with Gasteiger partial charge in [0.05, 0.1) is 22.0 Å². The molecule has 0 bridgehead atoms. The minimum atomic E-state index is -0.0947. The van der Waals surface area contributed by atoms with Crippen molar-refractivity contribution < 1.29 is 0 Å². The summed E-state index contributed by atoms with van der Waals surface area (Å²) in [6.07, 6.45) is 1.06. The monoisotopic (exact) mass is 438 g/mol. The molecule has 0 saturated heterocycles. The number of hydrogen-bond acceptors (Lipinski definition) is 4. The fourth-order valence-electron chi connectivity index (χ4n) is 3.42. The highest BCUT2D eigenvalue weighted by Gasteiger charge is 2.17. The van der Waals surface area contributed by atoms with Gasteiger partial charge in [0.25, 0.3) is 5.56 Å². The van der Waals surface area contributed by atoms with Gasteiger partial charge >= 0.3 is 0 Å². The van der Waals surface area contributed by atoms with Gasteiger partial charge in [0.1, 0.15) is 0 Å². The standard InChI is InChI=1S/C23H26N4OS2/c1-16(2)12-13-26-19(20-11-8-14-29-20)15-30-23(26)24-21-17(3)25(4)27(22(21)28)18-9-6-5-7-10-18/h5-11,14-16H,12-13H2,1-4H3. The molecule has 0 N–H and O–H groups in total. The molecule has 3 aromatic heterocycles. The summed E-state index contributed by atoms with van der Waals surface area (Å²) in [5.41, 5.74) is 3.27. The van der Waals surface area contributed by atoms with Crippen molar-refractivity contribution >= 4 is 28.4 Å². The van der Waals surface area contributed by atoms with Gasteiger partial charge in [-0.25, -0.2) is 9.67 Å². The summed E-state index contributed by atoms with van der Waals surface area (Å²) in [6, 6.07) is 13.9. The SMILES string of the molecule is Cc1c(N=c2scc(-c3cccs3)n2CCC(C)C)c(=O)n(-c2ccccc2)n1C. The van der Waals surface area contributed by atoms with Gasteiger partial charge in [-0.3, -0.25) is 9.48 Å². The first-order valence-electron chi connectivity index (χ1n) is 10.1. The van der Waals surface area contributed by atoms with E-state index in [1.165, 1.54) is 10.6 Å².